The van der Waals surface area contributed by atoms with Crippen LogP contribution in [0.1, 0.15) is 23.6 Å². The molecular weight excluding hydrogens is 528 g/mol. The summed E-state index contributed by atoms with van der Waals surface area (Å²) < 4.78 is 12.0. The smallest absolute Gasteiger partial charge is 0.271 e. The van der Waals surface area contributed by atoms with Crippen molar-refractivity contribution in [3.05, 3.63) is 124 Å². The lowest BCUT2D eigenvalue weighted by molar-refractivity contribution is -0.113. The van der Waals surface area contributed by atoms with Crippen LogP contribution in [0.4, 0.5) is 11.4 Å². The highest BCUT2D eigenvalue weighted by atomic mass is 35.5. The maximum atomic E-state index is 13.6. The fourth-order valence-corrected chi connectivity index (χ4v) is 5.31. The number of amidine groups is 1. The van der Waals surface area contributed by atoms with E-state index < -0.39 is 0 Å². The van der Waals surface area contributed by atoms with Crippen molar-refractivity contribution in [3.8, 4) is 11.5 Å². The maximum absolute atomic E-state index is 13.6. The summed E-state index contributed by atoms with van der Waals surface area (Å²) >= 11 is 8.01. The molecule has 5 rings (SSSR count). The van der Waals surface area contributed by atoms with Crippen LogP contribution in [0.3, 0.4) is 0 Å². The monoisotopic (exact) mass is 554 g/mol. The van der Waals surface area contributed by atoms with Gasteiger partial charge in [0.15, 0.2) is 16.7 Å². The number of aliphatic imine (C=N–C) groups is 1. The summed E-state index contributed by atoms with van der Waals surface area (Å²) in [5.74, 6) is 0.844. The predicted octanol–water partition coefficient (Wildman–Crippen LogP) is 8.43. The van der Waals surface area contributed by atoms with Crippen LogP contribution in [-0.4, -0.2) is 17.7 Å². The number of rotatable bonds is 8. The zero-order chi connectivity index (χ0) is 27.2. The van der Waals surface area contributed by atoms with E-state index in [-0.39, 0.29) is 5.91 Å². The lowest BCUT2D eigenvalue weighted by Gasteiger charge is -2.15. The largest absolute Gasteiger partial charge is 0.490 e. The lowest BCUT2D eigenvalue weighted by atomic mass is 10.1. The second-order valence-electron chi connectivity index (χ2n) is 8.85. The maximum Gasteiger partial charge on any atom is 0.271 e. The number of para-hydroxylation sites is 2. The van der Waals surface area contributed by atoms with Gasteiger partial charge in [-0.25, -0.2) is 4.99 Å². The molecule has 1 fully saturated rings. The molecule has 0 aromatic heterocycles. The number of halogens is 1. The average Bonchev–Trinajstić information content (AvgIpc) is 3.24. The molecule has 1 aliphatic heterocycles. The molecule has 0 saturated carbocycles. The van der Waals surface area contributed by atoms with Crippen molar-refractivity contribution in [2.24, 2.45) is 4.99 Å². The first-order valence-corrected chi connectivity index (χ1v) is 13.8. The van der Waals surface area contributed by atoms with Gasteiger partial charge in [0.05, 0.1) is 27.9 Å². The van der Waals surface area contributed by atoms with Crippen molar-refractivity contribution in [1.29, 1.82) is 0 Å². The van der Waals surface area contributed by atoms with E-state index in [1.165, 1.54) is 17.3 Å². The third-order valence-electron chi connectivity index (χ3n) is 5.93. The summed E-state index contributed by atoms with van der Waals surface area (Å²) in [6, 6.07) is 30.9. The van der Waals surface area contributed by atoms with Crippen LogP contribution in [0.25, 0.3) is 6.08 Å². The molecule has 1 heterocycles. The van der Waals surface area contributed by atoms with Crippen LogP contribution in [0.15, 0.2) is 107 Å². The number of carbonyl (C=O) groups is 1. The Bertz CT molecular complexity index is 1520. The quantitative estimate of drug-likeness (QED) is 0.205. The molecule has 0 bridgehead atoms. The summed E-state index contributed by atoms with van der Waals surface area (Å²) in [5, 5.41) is 0.992. The van der Waals surface area contributed by atoms with E-state index in [4.69, 9.17) is 26.1 Å². The molecule has 1 aliphatic rings. The Balaban J connectivity index is 1.47. The molecular formula is C32H27ClN2O3S. The van der Waals surface area contributed by atoms with Crippen LogP contribution < -0.4 is 14.4 Å². The summed E-state index contributed by atoms with van der Waals surface area (Å²) in [6.45, 7) is 4.76. The van der Waals surface area contributed by atoms with Gasteiger partial charge in [-0.3, -0.25) is 9.69 Å². The Labute approximate surface area is 237 Å². The Morgan fingerprint density at radius 2 is 1.62 bits per heavy atom. The molecule has 1 saturated heterocycles. The number of benzene rings is 4. The van der Waals surface area contributed by atoms with Crippen molar-refractivity contribution in [2.45, 2.75) is 20.5 Å². The van der Waals surface area contributed by atoms with Gasteiger partial charge in [-0.05, 0) is 79.2 Å². The number of hydrogen-bond donors (Lipinski definition) is 0. The van der Waals surface area contributed by atoms with Gasteiger partial charge in [0, 0.05) is 0 Å². The van der Waals surface area contributed by atoms with Crippen molar-refractivity contribution >= 4 is 51.9 Å². The summed E-state index contributed by atoms with van der Waals surface area (Å²) in [7, 11) is 0. The van der Waals surface area contributed by atoms with Crippen molar-refractivity contribution in [1.82, 2.24) is 0 Å². The summed E-state index contributed by atoms with van der Waals surface area (Å²) in [5.41, 5.74) is 4.47. The zero-order valence-electron chi connectivity index (χ0n) is 21.6. The molecule has 0 aliphatic carbocycles. The standard InChI is InChI=1S/C32H27ClN2O3S/c1-3-37-28-19-24(18-27(33)30(28)38-21-23-16-14-22(2)15-17-23)20-29-31(36)35(26-12-8-5-9-13-26)32(39-29)34-25-10-6-4-7-11-25/h4-20H,3,21H2,1-2H3/b29-20+,34-32?. The van der Waals surface area contributed by atoms with Gasteiger partial charge >= 0.3 is 0 Å². The van der Waals surface area contributed by atoms with E-state index in [2.05, 4.69) is 0 Å². The lowest BCUT2D eigenvalue weighted by Crippen LogP contribution is -2.28. The van der Waals surface area contributed by atoms with E-state index in [1.54, 1.807) is 11.0 Å². The molecule has 0 N–H and O–H groups in total. The molecule has 1 amide bonds. The van der Waals surface area contributed by atoms with Gasteiger partial charge in [0.1, 0.15) is 6.61 Å². The molecule has 39 heavy (non-hydrogen) atoms. The minimum absolute atomic E-state index is 0.158. The highest BCUT2D eigenvalue weighted by Gasteiger charge is 2.34. The van der Waals surface area contributed by atoms with E-state index in [0.717, 1.165) is 22.5 Å². The van der Waals surface area contributed by atoms with Crippen LogP contribution in [0.5, 0.6) is 11.5 Å². The molecule has 0 spiro atoms. The first-order chi connectivity index (χ1) is 19.0. The molecule has 0 atom stereocenters. The number of amides is 1. The Hall–Kier alpha value is -4.00. The first-order valence-electron chi connectivity index (χ1n) is 12.6. The molecule has 196 valence electrons. The third-order valence-corrected chi connectivity index (χ3v) is 7.18. The molecule has 5 nitrogen and oxygen atoms in total. The average molecular weight is 555 g/mol. The van der Waals surface area contributed by atoms with Crippen LogP contribution in [0.2, 0.25) is 5.02 Å². The van der Waals surface area contributed by atoms with Crippen molar-refractivity contribution < 1.29 is 14.3 Å². The minimum atomic E-state index is -0.158. The highest BCUT2D eigenvalue weighted by Crippen LogP contribution is 2.41. The summed E-state index contributed by atoms with van der Waals surface area (Å²) in [4.78, 5) is 20.6. The molecule has 7 heteroatoms. The number of nitrogens with zero attached hydrogens (tertiary/aromatic N) is 2. The van der Waals surface area contributed by atoms with Gasteiger partial charge < -0.3 is 9.47 Å². The Kier molecular flexibility index (Phi) is 8.35. The van der Waals surface area contributed by atoms with E-state index >= 15 is 0 Å². The number of aryl methyl sites for hydroxylation is 1. The van der Waals surface area contributed by atoms with Crippen molar-refractivity contribution in [3.63, 3.8) is 0 Å². The number of ether oxygens (including phenoxy) is 2. The van der Waals surface area contributed by atoms with E-state index in [1.807, 2.05) is 111 Å². The Morgan fingerprint density at radius 3 is 2.31 bits per heavy atom. The molecule has 4 aromatic carbocycles. The van der Waals surface area contributed by atoms with E-state index in [9.17, 15) is 4.79 Å². The van der Waals surface area contributed by atoms with Crippen LogP contribution in [-0.2, 0) is 11.4 Å². The molecule has 4 aromatic rings. The highest BCUT2D eigenvalue weighted by molar-refractivity contribution is 8.19. The summed E-state index contributed by atoms with van der Waals surface area (Å²) in [6.07, 6.45) is 1.81. The Morgan fingerprint density at radius 1 is 0.923 bits per heavy atom. The van der Waals surface area contributed by atoms with Crippen LogP contribution in [0, 0.1) is 6.92 Å². The van der Waals surface area contributed by atoms with Gasteiger partial charge in [-0.15, -0.1) is 0 Å². The second kappa shape index (κ2) is 12.2. The zero-order valence-corrected chi connectivity index (χ0v) is 23.2. The van der Waals surface area contributed by atoms with Gasteiger partial charge in [0.25, 0.3) is 5.91 Å². The second-order valence-corrected chi connectivity index (χ2v) is 10.3. The fraction of sp³-hybridized carbons (Fsp3) is 0.125. The number of hydrogen-bond acceptors (Lipinski definition) is 5. The van der Waals surface area contributed by atoms with E-state index in [0.29, 0.717) is 39.8 Å². The SMILES string of the molecule is CCOc1cc(/C=C2/SC(=Nc3ccccc3)N(c3ccccc3)C2=O)cc(Cl)c1OCc1ccc(C)cc1. The van der Waals surface area contributed by atoms with Gasteiger partial charge in [-0.2, -0.15) is 0 Å². The normalized spacial score (nSPS) is 15.3. The number of carbonyl (C=O) groups excluding carboxylic acids is 1. The van der Waals surface area contributed by atoms with Gasteiger partial charge in [-0.1, -0.05) is 77.8 Å². The fourth-order valence-electron chi connectivity index (χ4n) is 4.03. The molecule has 0 unspecified atom stereocenters. The number of anilines is 1. The van der Waals surface area contributed by atoms with Crippen molar-refractivity contribution in [2.75, 3.05) is 11.5 Å². The third kappa shape index (κ3) is 6.36. The van der Waals surface area contributed by atoms with Crippen LogP contribution >= 0.6 is 23.4 Å². The van der Waals surface area contributed by atoms with Gasteiger partial charge in [0.2, 0.25) is 0 Å². The minimum Gasteiger partial charge on any atom is -0.490 e. The first kappa shape index (κ1) is 26.6. The number of thioether (sulfide) groups is 1. The molecule has 0 radical (unpaired) electrons. The predicted molar refractivity (Wildman–Crippen MR) is 161 cm³/mol. The topological polar surface area (TPSA) is 51.1 Å².